The topological polar surface area (TPSA) is 109 Å². The minimum atomic E-state index is -0.732. The highest BCUT2D eigenvalue weighted by Gasteiger charge is 2.64. The monoisotopic (exact) mass is 398 g/mol. The summed E-state index contributed by atoms with van der Waals surface area (Å²) < 4.78 is 9.62. The van der Waals surface area contributed by atoms with Crippen LogP contribution >= 0.6 is 11.8 Å². The molecule has 2 unspecified atom stereocenters. The van der Waals surface area contributed by atoms with Gasteiger partial charge in [-0.2, -0.15) is 0 Å². The number of aliphatic imine (C=N–C) groups is 1. The zero-order chi connectivity index (χ0) is 20.0. The molecule has 10 heteroatoms. The molecule has 3 atom stereocenters. The Morgan fingerprint density at radius 3 is 2.67 bits per heavy atom. The summed E-state index contributed by atoms with van der Waals surface area (Å²) in [6.07, 6.45) is 0. The predicted octanol–water partition coefficient (Wildman–Crippen LogP) is 0.0561. The first-order valence-corrected chi connectivity index (χ1v) is 9.79. The highest BCUT2D eigenvalue weighted by atomic mass is 32.2. The van der Waals surface area contributed by atoms with E-state index in [1.54, 1.807) is 37.4 Å². The van der Waals surface area contributed by atoms with Crippen LogP contribution in [0.1, 0.15) is 34.6 Å². The number of ether oxygens (including phenoxy) is 2. The summed E-state index contributed by atoms with van der Waals surface area (Å²) >= 11 is 1.54. The molecule has 150 valence electrons. The van der Waals surface area contributed by atoms with E-state index >= 15 is 0 Å². The van der Waals surface area contributed by atoms with Crippen molar-refractivity contribution >= 4 is 35.6 Å². The Kier molecular flexibility index (Phi) is 5.04. The number of rotatable bonds is 4. The smallest absolute Gasteiger partial charge is 0.333 e. The molecule has 0 bridgehead atoms. The van der Waals surface area contributed by atoms with Crippen molar-refractivity contribution in [3.8, 4) is 0 Å². The summed E-state index contributed by atoms with van der Waals surface area (Å²) in [6.45, 7) is 9.92. The normalized spacial score (nSPS) is 28.6. The summed E-state index contributed by atoms with van der Waals surface area (Å²) in [5.41, 5.74) is -0.677. The van der Waals surface area contributed by atoms with E-state index in [4.69, 9.17) is 9.47 Å². The molecule has 27 heavy (non-hydrogen) atoms. The Morgan fingerprint density at radius 1 is 1.37 bits per heavy atom. The van der Waals surface area contributed by atoms with Crippen LogP contribution in [0.15, 0.2) is 4.99 Å². The van der Waals surface area contributed by atoms with Gasteiger partial charge in [-0.3, -0.25) is 14.6 Å². The van der Waals surface area contributed by atoms with Gasteiger partial charge in [0.1, 0.15) is 17.5 Å². The van der Waals surface area contributed by atoms with Gasteiger partial charge >= 0.3 is 11.9 Å². The first-order chi connectivity index (χ1) is 12.5. The quantitative estimate of drug-likeness (QED) is 0.389. The molecule has 9 nitrogen and oxygen atoms in total. The third-order valence-corrected chi connectivity index (χ3v) is 6.21. The van der Waals surface area contributed by atoms with Crippen molar-refractivity contribution in [1.82, 2.24) is 15.5 Å². The van der Waals surface area contributed by atoms with E-state index in [9.17, 15) is 14.4 Å². The van der Waals surface area contributed by atoms with Crippen LogP contribution in [-0.2, 0) is 23.9 Å². The molecule has 2 saturated heterocycles. The molecule has 3 heterocycles. The maximum Gasteiger partial charge on any atom is 0.333 e. The van der Waals surface area contributed by atoms with Gasteiger partial charge in [-0.05, 0) is 34.6 Å². The number of hydrogen-bond acceptors (Lipinski definition) is 9. The second-order valence-corrected chi connectivity index (χ2v) is 10.1. The lowest BCUT2D eigenvalue weighted by atomic mass is 9.96. The lowest BCUT2D eigenvalue weighted by molar-refractivity contribution is -0.180. The summed E-state index contributed by atoms with van der Waals surface area (Å²) in [5.74, 6) is -0.572. The highest BCUT2D eigenvalue weighted by molar-refractivity contribution is 8.01. The summed E-state index contributed by atoms with van der Waals surface area (Å²) in [5, 5.41) is 6.02. The van der Waals surface area contributed by atoms with Crippen molar-refractivity contribution in [2.24, 2.45) is 10.4 Å². The molecule has 3 aliphatic heterocycles. The molecule has 3 rings (SSSR count). The number of nitrogens with zero attached hydrogens (tertiary/aromatic N) is 2. The molecule has 0 aromatic heterocycles. The predicted molar refractivity (Wildman–Crippen MR) is 99.8 cm³/mol. The molecule has 2 N–H and O–H groups in total. The van der Waals surface area contributed by atoms with E-state index in [-0.39, 0.29) is 11.3 Å². The average Bonchev–Trinajstić information content (AvgIpc) is 3.15. The largest absolute Gasteiger partial charge is 0.427 e. The Hall–Kier alpha value is -1.97. The summed E-state index contributed by atoms with van der Waals surface area (Å²) in [7, 11) is 0. The van der Waals surface area contributed by atoms with Gasteiger partial charge in [0, 0.05) is 11.3 Å². The Bertz CT molecular complexity index is 687. The van der Waals surface area contributed by atoms with Gasteiger partial charge in [0.15, 0.2) is 5.96 Å². The van der Waals surface area contributed by atoms with Crippen LogP contribution in [0.3, 0.4) is 0 Å². The van der Waals surface area contributed by atoms with Crippen molar-refractivity contribution in [3.63, 3.8) is 0 Å². The molecule has 0 aromatic rings. The fourth-order valence-electron chi connectivity index (χ4n) is 3.20. The number of fused-ring (bicyclic) bond motifs is 1. The first-order valence-electron chi connectivity index (χ1n) is 8.91. The fraction of sp³-hybridized carbons (Fsp3) is 0.765. The molecule has 0 aromatic carbocycles. The first kappa shape index (κ1) is 19.8. The molecule has 0 radical (unpaired) electrons. The maximum absolute atomic E-state index is 12.6. The number of carbonyl (C=O) groups excluding carboxylic acids is 3. The standard InChI is InChI=1S/C17H26N4O5S/c1-16(2,3)14(24)26-8-25-13(23)10-17(4,5)27-12-9(11(22)21(10)12)20-15-18-6-7-19-15/h9-10,12H,6-8H2,1-5H3,(H2,18,19,20)/t9?,10?,12-/m1/s1. The van der Waals surface area contributed by atoms with Crippen LogP contribution in [0, 0.1) is 5.41 Å². The second-order valence-electron chi connectivity index (χ2n) is 8.30. The Balaban J connectivity index is 1.60. The number of carbonyl (C=O) groups is 3. The molecule has 0 saturated carbocycles. The number of amides is 1. The number of guanidine groups is 1. The van der Waals surface area contributed by atoms with Crippen LogP contribution in [-0.4, -0.2) is 70.8 Å². The van der Waals surface area contributed by atoms with Crippen molar-refractivity contribution in [1.29, 1.82) is 0 Å². The van der Waals surface area contributed by atoms with Crippen molar-refractivity contribution in [2.45, 2.75) is 56.8 Å². The van der Waals surface area contributed by atoms with Gasteiger partial charge in [-0.15, -0.1) is 11.8 Å². The lowest BCUT2D eigenvalue weighted by Gasteiger charge is -2.44. The van der Waals surface area contributed by atoms with Gasteiger partial charge in [0.2, 0.25) is 12.7 Å². The van der Waals surface area contributed by atoms with Crippen LogP contribution < -0.4 is 10.6 Å². The van der Waals surface area contributed by atoms with Crippen LogP contribution in [0.2, 0.25) is 0 Å². The van der Waals surface area contributed by atoms with E-state index in [0.717, 1.165) is 6.54 Å². The summed E-state index contributed by atoms with van der Waals surface area (Å²) in [6, 6.07) is -1.15. The third kappa shape index (κ3) is 3.71. The van der Waals surface area contributed by atoms with Crippen LogP contribution in [0.5, 0.6) is 0 Å². The fourth-order valence-corrected chi connectivity index (χ4v) is 4.83. The van der Waals surface area contributed by atoms with Gasteiger partial charge in [-0.25, -0.2) is 4.79 Å². The number of nitrogens with one attached hydrogen (secondary N) is 2. The number of β-lactam (4-membered cyclic amide) rings is 1. The minimum absolute atomic E-state index is 0.164. The number of hydrogen-bond donors (Lipinski definition) is 2. The zero-order valence-electron chi connectivity index (χ0n) is 16.2. The van der Waals surface area contributed by atoms with E-state index in [1.165, 1.54) is 0 Å². The Labute approximate surface area is 162 Å². The SMILES string of the molecule is CC(C)(C)C(=O)OCOC(=O)C1N2C(=O)C(NC3=NCCN3)[C@H]2SC1(C)C. The lowest BCUT2D eigenvalue weighted by Crippen LogP contribution is -2.71. The Morgan fingerprint density at radius 2 is 2.07 bits per heavy atom. The van der Waals surface area contributed by atoms with E-state index in [0.29, 0.717) is 12.5 Å². The molecule has 1 amide bonds. The van der Waals surface area contributed by atoms with Gasteiger partial charge < -0.3 is 25.0 Å². The van der Waals surface area contributed by atoms with Crippen LogP contribution in [0.4, 0.5) is 0 Å². The minimum Gasteiger partial charge on any atom is -0.427 e. The van der Waals surface area contributed by atoms with Crippen molar-refractivity contribution in [2.75, 3.05) is 19.9 Å². The maximum atomic E-state index is 12.6. The number of esters is 2. The number of thioether (sulfide) groups is 1. The average molecular weight is 398 g/mol. The molecule has 0 spiro atoms. The second kappa shape index (κ2) is 6.88. The van der Waals surface area contributed by atoms with Crippen molar-refractivity contribution < 1.29 is 23.9 Å². The molecule has 2 fully saturated rings. The zero-order valence-corrected chi connectivity index (χ0v) is 17.0. The molecular formula is C17H26N4O5S. The molecule has 0 aliphatic carbocycles. The van der Waals surface area contributed by atoms with Gasteiger partial charge in [0.05, 0.1) is 12.0 Å². The third-order valence-electron chi connectivity index (χ3n) is 4.63. The highest BCUT2D eigenvalue weighted by Crippen LogP contribution is 2.51. The molecular weight excluding hydrogens is 372 g/mol. The van der Waals surface area contributed by atoms with E-state index < -0.39 is 41.0 Å². The van der Waals surface area contributed by atoms with E-state index in [1.807, 2.05) is 13.8 Å². The van der Waals surface area contributed by atoms with Crippen molar-refractivity contribution in [3.05, 3.63) is 0 Å². The van der Waals surface area contributed by atoms with Gasteiger partial charge in [-0.1, -0.05) is 0 Å². The van der Waals surface area contributed by atoms with Crippen LogP contribution in [0.25, 0.3) is 0 Å². The van der Waals surface area contributed by atoms with Gasteiger partial charge in [0.25, 0.3) is 0 Å². The van der Waals surface area contributed by atoms with E-state index in [2.05, 4.69) is 15.6 Å². The summed E-state index contributed by atoms with van der Waals surface area (Å²) in [4.78, 5) is 42.8. The molecule has 3 aliphatic rings.